The molecule has 2 saturated carbocycles. The van der Waals surface area contributed by atoms with Crippen LogP contribution in [0.5, 0.6) is 0 Å². The smallest absolute Gasteiger partial charge is 0.457 e. The van der Waals surface area contributed by atoms with Crippen LogP contribution in [0.3, 0.4) is 0 Å². The lowest BCUT2D eigenvalue weighted by Crippen LogP contribution is -2.41. The Balaban J connectivity index is 1.78. The molecule has 0 spiro atoms. The third-order valence-corrected chi connectivity index (χ3v) is 6.62. The van der Waals surface area contributed by atoms with Gasteiger partial charge in [0.15, 0.2) is 0 Å². The highest BCUT2D eigenvalue weighted by Gasteiger charge is 2.54. The maximum absolute atomic E-state index is 13.2. The Hall–Kier alpha value is -0.760. The standard InChI is InChI=1S/C17H28F2O5S/c1-2-3-12-4-6-13(7-5-12)14-8-10-15(11-9-14)24-16(20)17(18,19)25(21,22)23/h12-15H,2-11H2,1H3,(H,21,22,23). The van der Waals surface area contributed by atoms with E-state index in [0.29, 0.717) is 24.7 Å². The minimum Gasteiger partial charge on any atom is -0.457 e. The van der Waals surface area contributed by atoms with E-state index in [2.05, 4.69) is 11.7 Å². The van der Waals surface area contributed by atoms with Crippen molar-refractivity contribution in [2.75, 3.05) is 0 Å². The molecular weight excluding hydrogens is 354 g/mol. The van der Waals surface area contributed by atoms with Crippen molar-refractivity contribution >= 4 is 16.1 Å². The molecule has 8 heteroatoms. The number of carbonyl (C=O) groups is 1. The van der Waals surface area contributed by atoms with Crippen molar-refractivity contribution in [1.29, 1.82) is 0 Å². The fraction of sp³-hybridized carbons (Fsp3) is 0.941. The third kappa shape index (κ3) is 5.12. The molecule has 146 valence electrons. The number of hydrogen-bond acceptors (Lipinski definition) is 4. The predicted octanol–water partition coefficient (Wildman–Crippen LogP) is 4.18. The van der Waals surface area contributed by atoms with E-state index in [1.807, 2.05) is 0 Å². The van der Waals surface area contributed by atoms with Crippen LogP contribution >= 0.6 is 0 Å². The monoisotopic (exact) mass is 382 g/mol. The molecular formula is C17H28F2O5S. The van der Waals surface area contributed by atoms with Crippen LogP contribution in [0.1, 0.15) is 71.1 Å². The Morgan fingerprint density at radius 1 is 1.04 bits per heavy atom. The number of ether oxygens (including phenoxy) is 1. The molecule has 2 fully saturated rings. The Kier molecular flexibility index (Phi) is 6.81. The van der Waals surface area contributed by atoms with Crippen LogP contribution in [0.2, 0.25) is 0 Å². The Morgan fingerprint density at radius 2 is 1.52 bits per heavy atom. The molecule has 0 bridgehead atoms. The highest BCUT2D eigenvalue weighted by molar-refractivity contribution is 7.87. The van der Waals surface area contributed by atoms with Crippen molar-refractivity contribution in [3.8, 4) is 0 Å². The molecule has 0 amide bonds. The lowest BCUT2D eigenvalue weighted by Gasteiger charge is -2.37. The summed E-state index contributed by atoms with van der Waals surface area (Å²) in [4.78, 5) is 11.3. The molecule has 0 radical (unpaired) electrons. The Labute approximate surface area is 148 Å². The molecule has 0 unspecified atom stereocenters. The second-order valence-corrected chi connectivity index (χ2v) is 8.97. The second-order valence-electron chi connectivity index (χ2n) is 7.50. The molecule has 5 nitrogen and oxygen atoms in total. The van der Waals surface area contributed by atoms with E-state index >= 15 is 0 Å². The van der Waals surface area contributed by atoms with Gasteiger partial charge in [0.05, 0.1) is 0 Å². The topological polar surface area (TPSA) is 80.7 Å². The van der Waals surface area contributed by atoms with Gasteiger partial charge in [-0.05, 0) is 56.3 Å². The molecule has 2 aliphatic carbocycles. The zero-order chi connectivity index (χ0) is 18.7. The van der Waals surface area contributed by atoms with E-state index < -0.39 is 27.4 Å². The average molecular weight is 382 g/mol. The van der Waals surface area contributed by atoms with E-state index in [1.165, 1.54) is 38.5 Å². The molecule has 25 heavy (non-hydrogen) atoms. The molecule has 1 N–H and O–H groups in total. The summed E-state index contributed by atoms with van der Waals surface area (Å²) >= 11 is 0. The Bertz CT molecular complexity index is 547. The number of carbonyl (C=O) groups excluding carboxylic acids is 1. The van der Waals surface area contributed by atoms with Crippen LogP contribution in [0.15, 0.2) is 0 Å². The van der Waals surface area contributed by atoms with Crippen molar-refractivity contribution in [3.63, 3.8) is 0 Å². The van der Waals surface area contributed by atoms with Gasteiger partial charge >= 0.3 is 21.3 Å². The first kappa shape index (κ1) is 20.6. The van der Waals surface area contributed by atoms with Gasteiger partial charge in [-0.15, -0.1) is 0 Å². The summed E-state index contributed by atoms with van der Waals surface area (Å²) in [7, 11) is -5.80. The van der Waals surface area contributed by atoms with Gasteiger partial charge in [0, 0.05) is 0 Å². The molecule has 2 rings (SSSR count). The minimum atomic E-state index is -5.80. The van der Waals surface area contributed by atoms with Gasteiger partial charge in [0.2, 0.25) is 0 Å². The first-order valence-electron chi connectivity index (χ1n) is 9.21. The molecule has 0 aromatic carbocycles. The van der Waals surface area contributed by atoms with E-state index in [1.54, 1.807) is 0 Å². The van der Waals surface area contributed by atoms with Gasteiger partial charge < -0.3 is 4.74 Å². The molecule has 2 aliphatic rings. The highest BCUT2D eigenvalue weighted by Crippen LogP contribution is 2.41. The lowest BCUT2D eigenvalue weighted by molar-refractivity contribution is -0.169. The third-order valence-electron chi connectivity index (χ3n) is 5.81. The summed E-state index contributed by atoms with van der Waals surface area (Å²) in [5, 5.41) is -4.90. The molecule has 0 aromatic rings. The average Bonchev–Trinajstić information content (AvgIpc) is 2.55. The number of hydrogen-bond donors (Lipinski definition) is 1. The lowest BCUT2D eigenvalue weighted by atomic mass is 9.70. The number of esters is 1. The fourth-order valence-electron chi connectivity index (χ4n) is 4.36. The maximum atomic E-state index is 13.2. The van der Waals surface area contributed by atoms with Crippen LogP contribution < -0.4 is 0 Å². The maximum Gasteiger partial charge on any atom is 0.465 e. The van der Waals surface area contributed by atoms with Crippen molar-refractivity contribution in [2.24, 2.45) is 17.8 Å². The number of halogens is 2. The van der Waals surface area contributed by atoms with Gasteiger partial charge in [-0.2, -0.15) is 17.2 Å². The summed E-state index contributed by atoms with van der Waals surface area (Å²) in [6.45, 7) is 2.21. The van der Waals surface area contributed by atoms with Crippen molar-refractivity contribution < 1.29 is 31.3 Å². The molecule has 0 saturated heterocycles. The highest BCUT2D eigenvalue weighted by atomic mass is 32.2. The summed E-state index contributed by atoms with van der Waals surface area (Å²) in [6.07, 6.45) is 9.28. The van der Waals surface area contributed by atoms with E-state index in [4.69, 9.17) is 4.55 Å². The predicted molar refractivity (Wildman–Crippen MR) is 88.7 cm³/mol. The normalized spacial score (nSPS) is 31.5. The van der Waals surface area contributed by atoms with E-state index in [9.17, 15) is 22.0 Å². The summed E-state index contributed by atoms with van der Waals surface area (Å²) in [6, 6.07) is 0. The zero-order valence-corrected chi connectivity index (χ0v) is 15.4. The van der Waals surface area contributed by atoms with Gasteiger partial charge in [-0.3, -0.25) is 4.55 Å². The van der Waals surface area contributed by atoms with Gasteiger partial charge in [0.1, 0.15) is 6.10 Å². The molecule has 0 atom stereocenters. The van der Waals surface area contributed by atoms with Gasteiger partial charge in [0.25, 0.3) is 0 Å². The fourth-order valence-corrected chi connectivity index (χ4v) is 4.62. The molecule has 0 aliphatic heterocycles. The minimum absolute atomic E-state index is 0.465. The largest absolute Gasteiger partial charge is 0.465 e. The summed E-state index contributed by atoms with van der Waals surface area (Å²) in [5.41, 5.74) is 0. The first-order chi connectivity index (χ1) is 11.6. The van der Waals surface area contributed by atoms with Gasteiger partial charge in [-0.1, -0.05) is 32.6 Å². The second kappa shape index (κ2) is 8.29. The zero-order valence-electron chi connectivity index (χ0n) is 14.6. The van der Waals surface area contributed by atoms with Gasteiger partial charge in [-0.25, -0.2) is 4.79 Å². The van der Waals surface area contributed by atoms with Crippen LogP contribution in [0.25, 0.3) is 0 Å². The SMILES string of the molecule is CCCC1CCC(C2CCC(OC(=O)C(F)(F)S(=O)(=O)O)CC2)CC1. The summed E-state index contributed by atoms with van der Waals surface area (Å²) < 4.78 is 60.7. The quantitative estimate of drug-likeness (QED) is 0.551. The van der Waals surface area contributed by atoms with Crippen molar-refractivity contribution in [2.45, 2.75) is 82.5 Å². The summed E-state index contributed by atoms with van der Waals surface area (Å²) in [5.74, 6) is -0.164. The van der Waals surface area contributed by atoms with E-state index in [0.717, 1.165) is 18.8 Å². The van der Waals surface area contributed by atoms with Crippen molar-refractivity contribution in [1.82, 2.24) is 0 Å². The first-order valence-corrected chi connectivity index (χ1v) is 10.6. The van der Waals surface area contributed by atoms with Crippen LogP contribution in [-0.2, 0) is 19.6 Å². The van der Waals surface area contributed by atoms with Crippen molar-refractivity contribution in [3.05, 3.63) is 0 Å². The number of rotatable bonds is 6. The molecule has 0 heterocycles. The van der Waals surface area contributed by atoms with E-state index in [-0.39, 0.29) is 0 Å². The molecule has 0 aromatic heterocycles. The van der Waals surface area contributed by atoms with Crippen LogP contribution in [0, 0.1) is 17.8 Å². The van der Waals surface area contributed by atoms with Crippen LogP contribution in [0.4, 0.5) is 8.78 Å². The number of alkyl halides is 2. The Morgan fingerprint density at radius 3 is 1.96 bits per heavy atom. The van der Waals surface area contributed by atoms with Crippen LogP contribution in [-0.4, -0.2) is 30.3 Å².